The van der Waals surface area contributed by atoms with Crippen molar-refractivity contribution < 1.29 is 14.3 Å². The molecule has 3 N–H and O–H groups in total. The standard InChI is InChI=1S/C23H37N5O3.HI/c1-23(2,3)31-22(29)28-19-9-7-18(8-10-19)27-21(24-4)26-14-17-11-12-25-20(13-17)30-15-16-5-6-16;/h11-13,16,18-19H,5-10,14-15H2,1-4H3,(H,28,29)(H2,24,26,27);1H. The molecular formula is C23H38IN5O3. The fourth-order valence-electron chi connectivity index (χ4n) is 3.56. The number of rotatable bonds is 7. The first kappa shape index (κ1) is 26.5. The molecular weight excluding hydrogens is 521 g/mol. The largest absolute Gasteiger partial charge is 0.477 e. The molecule has 1 heterocycles. The molecule has 0 spiro atoms. The van der Waals surface area contributed by atoms with Crippen LogP contribution in [-0.4, -0.2) is 48.4 Å². The molecule has 2 fully saturated rings. The summed E-state index contributed by atoms with van der Waals surface area (Å²) in [6, 6.07) is 4.46. The number of guanidine groups is 1. The van der Waals surface area contributed by atoms with Crippen molar-refractivity contribution in [3.63, 3.8) is 0 Å². The van der Waals surface area contributed by atoms with E-state index in [2.05, 4.69) is 25.9 Å². The number of pyridine rings is 1. The molecule has 1 aromatic heterocycles. The molecule has 0 radical (unpaired) electrons. The number of amides is 1. The van der Waals surface area contributed by atoms with Crippen molar-refractivity contribution in [3.05, 3.63) is 23.9 Å². The van der Waals surface area contributed by atoms with Gasteiger partial charge in [0, 0.05) is 37.9 Å². The molecule has 9 heteroatoms. The Kier molecular flexibility index (Phi) is 10.3. The Bertz CT molecular complexity index is 756. The van der Waals surface area contributed by atoms with Crippen molar-refractivity contribution in [2.75, 3.05) is 13.7 Å². The minimum Gasteiger partial charge on any atom is -0.477 e. The molecule has 0 aliphatic heterocycles. The Morgan fingerprint density at radius 3 is 2.38 bits per heavy atom. The highest BCUT2D eigenvalue weighted by Gasteiger charge is 2.25. The van der Waals surface area contributed by atoms with Gasteiger partial charge in [0.15, 0.2) is 5.96 Å². The molecule has 0 atom stereocenters. The summed E-state index contributed by atoms with van der Waals surface area (Å²) in [5.41, 5.74) is 0.633. The van der Waals surface area contributed by atoms with Crippen LogP contribution in [0.15, 0.2) is 23.3 Å². The minimum atomic E-state index is -0.472. The Hall–Kier alpha value is -1.78. The fraction of sp³-hybridized carbons (Fsp3) is 0.696. The molecule has 1 amide bonds. The van der Waals surface area contributed by atoms with E-state index in [1.165, 1.54) is 12.8 Å². The number of nitrogens with zero attached hydrogens (tertiary/aromatic N) is 2. The summed E-state index contributed by atoms with van der Waals surface area (Å²) in [6.45, 7) is 7.04. The van der Waals surface area contributed by atoms with Crippen LogP contribution < -0.4 is 20.7 Å². The van der Waals surface area contributed by atoms with E-state index in [1.54, 1.807) is 13.2 Å². The van der Waals surface area contributed by atoms with Crippen molar-refractivity contribution in [1.29, 1.82) is 0 Å². The molecule has 2 aliphatic rings. The van der Waals surface area contributed by atoms with Crippen molar-refractivity contribution in [2.24, 2.45) is 10.9 Å². The van der Waals surface area contributed by atoms with Gasteiger partial charge in [0.25, 0.3) is 0 Å². The highest BCUT2D eigenvalue weighted by Crippen LogP contribution is 2.29. The van der Waals surface area contributed by atoms with Crippen LogP contribution in [0.5, 0.6) is 5.88 Å². The molecule has 8 nitrogen and oxygen atoms in total. The van der Waals surface area contributed by atoms with Crippen LogP contribution in [0, 0.1) is 5.92 Å². The van der Waals surface area contributed by atoms with E-state index in [0.29, 0.717) is 24.4 Å². The zero-order valence-corrected chi connectivity index (χ0v) is 22.0. The van der Waals surface area contributed by atoms with Crippen molar-refractivity contribution >= 4 is 36.0 Å². The second-order valence-electron chi connectivity index (χ2n) is 9.52. The van der Waals surface area contributed by atoms with Crippen LogP contribution in [0.25, 0.3) is 0 Å². The summed E-state index contributed by atoms with van der Waals surface area (Å²) in [6.07, 6.45) is 7.75. The number of carbonyl (C=O) groups excluding carboxylic acids is 1. The highest BCUT2D eigenvalue weighted by molar-refractivity contribution is 14.0. The van der Waals surface area contributed by atoms with Crippen LogP contribution in [-0.2, 0) is 11.3 Å². The van der Waals surface area contributed by atoms with Gasteiger partial charge < -0.3 is 25.4 Å². The van der Waals surface area contributed by atoms with E-state index in [-0.39, 0.29) is 36.1 Å². The molecule has 3 rings (SSSR count). The van der Waals surface area contributed by atoms with E-state index < -0.39 is 5.60 Å². The normalized spacial score (nSPS) is 21.2. The molecule has 1 aromatic rings. The lowest BCUT2D eigenvalue weighted by Crippen LogP contribution is -2.47. The van der Waals surface area contributed by atoms with E-state index in [4.69, 9.17) is 9.47 Å². The van der Waals surface area contributed by atoms with Gasteiger partial charge in [-0.1, -0.05) is 0 Å². The molecule has 32 heavy (non-hydrogen) atoms. The number of alkyl carbamates (subject to hydrolysis) is 1. The summed E-state index contributed by atoms with van der Waals surface area (Å²) >= 11 is 0. The van der Waals surface area contributed by atoms with Crippen LogP contribution in [0.2, 0.25) is 0 Å². The molecule has 0 aromatic carbocycles. The van der Waals surface area contributed by atoms with Gasteiger partial charge in [-0.3, -0.25) is 4.99 Å². The first-order valence-electron chi connectivity index (χ1n) is 11.3. The summed E-state index contributed by atoms with van der Waals surface area (Å²) in [5.74, 6) is 2.17. The van der Waals surface area contributed by atoms with E-state index in [1.807, 2.05) is 32.9 Å². The quantitative estimate of drug-likeness (QED) is 0.266. The molecule has 180 valence electrons. The number of hydrogen-bond donors (Lipinski definition) is 3. The molecule has 0 unspecified atom stereocenters. The van der Waals surface area contributed by atoms with Crippen LogP contribution in [0.4, 0.5) is 4.79 Å². The SMILES string of the molecule is CN=C(NCc1ccnc(OCC2CC2)c1)NC1CCC(NC(=O)OC(C)(C)C)CC1.I. The third-order valence-electron chi connectivity index (χ3n) is 5.44. The smallest absolute Gasteiger partial charge is 0.407 e. The minimum absolute atomic E-state index is 0. The topological polar surface area (TPSA) is 96.9 Å². The number of aromatic nitrogens is 1. The number of aliphatic imine (C=N–C) groups is 1. The van der Waals surface area contributed by atoms with Gasteiger partial charge in [0.05, 0.1) is 6.61 Å². The predicted octanol–water partition coefficient (Wildman–Crippen LogP) is 3.99. The van der Waals surface area contributed by atoms with Gasteiger partial charge in [-0.05, 0) is 76.8 Å². The Morgan fingerprint density at radius 2 is 1.78 bits per heavy atom. The average Bonchev–Trinajstić information content (AvgIpc) is 3.54. The van der Waals surface area contributed by atoms with Gasteiger partial charge in [-0.25, -0.2) is 9.78 Å². The van der Waals surface area contributed by atoms with Gasteiger partial charge in [-0.15, -0.1) is 24.0 Å². The zero-order chi connectivity index (χ0) is 22.3. The summed E-state index contributed by atoms with van der Waals surface area (Å²) in [7, 11) is 1.78. The Balaban J connectivity index is 0.00000363. The summed E-state index contributed by atoms with van der Waals surface area (Å²) in [4.78, 5) is 20.6. The predicted molar refractivity (Wildman–Crippen MR) is 137 cm³/mol. The number of ether oxygens (including phenoxy) is 2. The maximum absolute atomic E-state index is 12.0. The monoisotopic (exact) mass is 559 g/mol. The maximum atomic E-state index is 12.0. The Morgan fingerprint density at radius 1 is 1.12 bits per heavy atom. The first-order valence-corrected chi connectivity index (χ1v) is 11.3. The number of hydrogen-bond acceptors (Lipinski definition) is 5. The summed E-state index contributed by atoms with van der Waals surface area (Å²) in [5, 5.41) is 9.86. The van der Waals surface area contributed by atoms with Crippen LogP contribution >= 0.6 is 24.0 Å². The third-order valence-corrected chi connectivity index (χ3v) is 5.44. The van der Waals surface area contributed by atoms with E-state index >= 15 is 0 Å². The summed E-state index contributed by atoms with van der Waals surface area (Å²) < 4.78 is 11.1. The maximum Gasteiger partial charge on any atom is 0.407 e. The number of halogens is 1. The third kappa shape index (κ3) is 9.79. The average molecular weight is 559 g/mol. The highest BCUT2D eigenvalue weighted by atomic mass is 127. The van der Waals surface area contributed by atoms with Gasteiger partial charge in [0.2, 0.25) is 5.88 Å². The Labute approximate surface area is 208 Å². The molecule has 0 saturated heterocycles. The van der Waals surface area contributed by atoms with Crippen LogP contribution in [0.3, 0.4) is 0 Å². The lowest BCUT2D eigenvalue weighted by atomic mass is 9.91. The fourth-order valence-corrected chi connectivity index (χ4v) is 3.56. The lowest BCUT2D eigenvalue weighted by Gasteiger charge is -2.31. The zero-order valence-electron chi connectivity index (χ0n) is 19.6. The van der Waals surface area contributed by atoms with Gasteiger partial charge in [-0.2, -0.15) is 0 Å². The second-order valence-corrected chi connectivity index (χ2v) is 9.52. The van der Waals surface area contributed by atoms with Gasteiger partial charge in [0.1, 0.15) is 5.60 Å². The van der Waals surface area contributed by atoms with E-state index in [0.717, 1.165) is 43.8 Å². The van der Waals surface area contributed by atoms with Crippen molar-refractivity contribution in [1.82, 2.24) is 20.9 Å². The second kappa shape index (κ2) is 12.5. The lowest BCUT2D eigenvalue weighted by molar-refractivity contribution is 0.0490. The molecule has 2 aliphatic carbocycles. The molecule has 2 saturated carbocycles. The van der Waals surface area contributed by atoms with Gasteiger partial charge >= 0.3 is 6.09 Å². The number of carbonyl (C=O) groups is 1. The van der Waals surface area contributed by atoms with Crippen molar-refractivity contribution in [3.8, 4) is 5.88 Å². The van der Waals surface area contributed by atoms with E-state index in [9.17, 15) is 4.79 Å². The molecule has 0 bridgehead atoms. The van der Waals surface area contributed by atoms with Crippen LogP contribution in [0.1, 0.15) is 64.9 Å². The number of nitrogens with one attached hydrogen (secondary N) is 3. The first-order chi connectivity index (χ1) is 14.8. The van der Waals surface area contributed by atoms with Crippen molar-refractivity contribution in [2.45, 2.75) is 83.5 Å².